The third-order valence-corrected chi connectivity index (χ3v) is 5.24. The Morgan fingerprint density at radius 1 is 1.06 bits per heavy atom. The largest absolute Gasteiger partial charge is 0.478 e. The van der Waals surface area contributed by atoms with Crippen molar-refractivity contribution in [1.29, 1.82) is 0 Å². The number of aromatic nitrogens is 5. The average Bonchev–Trinajstić information content (AvgIpc) is 3.47. The maximum absolute atomic E-state index is 12.3. The van der Waals surface area contributed by atoms with Crippen molar-refractivity contribution >= 4 is 23.5 Å². The van der Waals surface area contributed by atoms with Gasteiger partial charge in [-0.3, -0.25) is 9.48 Å². The second kappa shape index (κ2) is 10.1. The lowest BCUT2D eigenvalue weighted by atomic mass is 10.1. The highest BCUT2D eigenvalue weighted by Gasteiger charge is 2.11. The van der Waals surface area contributed by atoms with E-state index in [4.69, 9.17) is 16.7 Å². The molecule has 0 unspecified atom stereocenters. The fourth-order valence-electron chi connectivity index (χ4n) is 3.35. The van der Waals surface area contributed by atoms with Gasteiger partial charge in [-0.25, -0.2) is 9.48 Å². The lowest BCUT2D eigenvalue weighted by Crippen LogP contribution is -2.27. The number of para-hydroxylation sites is 1. The van der Waals surface area contributed by atoms with Crippen LogP contribution in [0.25, 0.3) is 16.9 Å². The van der Waals surface area contributed by atoms with Crippen molar-refractivity contribution in [1.82, 2.24) is 30.1 Å². The van der Waals surface area contributed by atoms with Crippen molar-refractivity contribution in [2.75, 3.05) is 6.54 Å². The van der Waals surface area contributed by atoms with Crippen LogP contribution >= 0.6 is 11.6 Å². The van der Waals surface area contributed by atoms with Gasteiger partial charge in [0.15, 0.2) is 0 Å². The summed E-state index contributed by atoms with van der Waals surface area (Å²) >= 11 is 5.84. The highest BCUT2D eigenvalue weighted by molar-refractivity contribution is 6.30. The first-order chi connectivity index (χ1) is 16.0. The lowest BCUT2D eigenvalue weighted by Gasteiger charge is -2.09. The van der Waals surface area contributed by atoms with Crippen molar-refractivity contribution in [2.24, 2.45) is 0 Å². The van der Waals surface area contributed by atoms with Gasteiger partial charge in [0.1, 0.15) is 5.69 Å². The number of aryl methyl sites for hydroxylation is 1. The van der Waals surface area contributed by atoms with Crippen LogP contribution in [0, 0.1) is 0 Å². The molecule has 1 amide bonds. The fraction of sp³-hybridized carbons (Fsp3) is 0.174. The summed E-state index contributed by atoms with van der Waals surface area (Å²) in [5.74, 6) is -1.03. The van der Waals surface area contributed by atoms with Gasteiger partial charge < -0.3 is 10.4 Å². The number of hydrogen-bond donors (Lipinski definition) is 2. The summed E-state index contributed by atoms with van der Waals surface area (Å²) in [7, 11) is 0. The van der Waals surface area contributed by atoms with Gasteiger partial charge in [0.05, 0.1) is 35.2 Å². The van der Waals surface area contributed by atoms with Crippen LogP contribution in [-0.4, -0.2) is 48.3 Å². The van der Waals surface area contributed by atoms with Crippen molar-refractivity contribution in [2.45, 2.75) is 19.4 Å². The molecule has 0 atom stereocenters. The SMILES string of the molecule is O=C(CCc1ccccc1-n1cc(-c2ccc(C(=O)O)cc2)nn1)NCCn1cc(Cl)cn1. The van der Waals surface area contributed by atoms with Crippen molar-refractivity contribution < 1.29 is 14.7 Å². The van der Waals surface area contributed by atoms with E-state index in [0.717, 1.165) is 16.8 Å². The lowest BCUT2D eigenvalue weighted by molar-refractivity contribution is -0.121. The predicted molar refractivity (Wildman–Crippen MR) is 122 cm³/mol. The van der Waals surface area contributed by atoms with Gasteiger partial charge in [-0.05, 0) is 30.2 Å². The van der Waals surface area contributed by atoms with Crippen molar-refractivity contribution in [3.05, 3.63) is 83.3 Å². The van der Waals surface area contributed by atoms with Gasteiger partial charge in [-0.1, -0.05) is 47.1 Å². The molecule has 4 aromatic rings. The van der Waals surface area contributed by atoms with E-state index in [1.807, 2.05) is 24.3 Å². The Hall–Kier alpha value is -3.98. The maximum Gasteiger partial charge on any atom is 0.335 e. The van der Waals surface area contributed by atoms with E-state index in [1.165, 1.54) is 12.1 Å². The number of carboxylic acids is 1. The van der Waals surface area contributed by atoms with Gasteiger partial charge in [0.2, 0.25) is 5.91 Å². The Morgan fingerprint density at radius 3 is 2.58 bits per heavy atom. The maximum atomic E-state index is 12.3. The Bertz CT molecular complexity index is 1270. The number of carbonyl (C=O) groups is 2. The summed E-state index contributed by atoms with van der Waals surface area (Å²) in [4.78, 5) is 23.3. The monoisotopic (exact) mass is 464 g/mol. The molecule has 0 aliphatic rings. The number of benzene rings is 2. The van der Waals surface area contributed by atoms with E-state index in [-0.39, 0.29) is 11.5 Å². The van der Waals surface area contributed by atoms with Crippen LogP contribution in [0.4, 0.5) is 0 Å². The minimum Gasteiger partial charge on any atom is -0.478 e. The van der Waals surface area contributed by atoms with Gasteiger partial charge in [0, 0.05) is 24.7 Å². The zero-order chi connectivity index (χ0) is 23.2. The molecule has 0 radical (unpaired) electrons. The summed E-state index contributed by atoms with van der Waals surface area (Å²) in [6.07, 6.45) is 5.91. The van der Waals surface area contributed by atoms with Crippen LogP contribution in [0.3, 0.4) is 0 Å². The second-order valence-electron chi connectivity index (χ2n) is 7.33. The number of carbonyl (C=O) groups excluding carboxylic acids is 1. The summed E-state index contributed by atoms with van der Waals surface area (Å²) in [6.45, 7) is 1.01. The number of aromatic carboxylic acids is 1. The molecule has 0 bridgehead atoms. The number of rotatable bonds is 9. The minimum atomic E-state index is -0.978. The smallest absolute Gasteiger partial charge is 0.335 e. The Kier molecular flexibility index (Phi) is 6.80. The van der Waals surface area contributed by atoms with Crippen LogP contribution in [0.1, 0.15) is 22.3 Å². The molecular weight excluding hydrogens is 444 g/mol. The molecule has 0 aliphatic carbocycles. The molecule has 0 spiro atoms. The predicted octanol–water partition coefficient (Wildman–Crippen LogP) is 3.23. The average molecular weight is 465 g/mol. The van der Waals surface area contributed by atoms with Crippen molar-refractivity contribution in [3.63, 3.8) is 0 Å². The van der Waals surface area contributed by atoms with Gasteiger partial charge >= 0.3 is 5.97 Å². The first kappa shape index (κ1) is 22.2. The van der Waals surface area contributed by atoms with E-state index < -0.39 is 5.97 Å². The molecular formula is C23H21ClN6O3. The first-order valence-corrected chi connectivity index (χ1v) is 10.7. The molecule has 2 aromatic carbocycles. The van der Waals surface area contributed by atoms with Gasteiger partial charge in [0.25, 0.3) is 0 Å². The molecule has 4 rings (SSSR count). The molecule has 0 saturated carbocycles. The highest BCUT2D eigenvalue weighted by atomic mass is 35.5. The highest BCUT2D eigenvalue weighted by Crippen LogP contribution is 2.21. The summed E-state index contributed by atoms with van der Waals surface area (Å²) in [6, 6.07) is 14.2. The zero-order valence-electron chi connectivity index (χ0n) is 17.6. The summed E-state index contributed by atoms with van der Waals surface area (Å²) in [5, 5.41) is 25.0. The van der Waals surface area contributed by atoms with Crippen LogP contribution in [-0.2, 0) is 17.8 Å². The van der Waals surface area contributed by atoms with E-state index in [1.54, 1.807) is 40.1 Å². The van der Waals surface area contributed by atoms with Gasteiger partial charge in [-0.15, -0.1) is 5.10 Å². The molecule has 2 heterocycles. The molecule has 0 aliphatic heterocycles. The fourth-order valence-corrected chi connectivity index (χ4v) is 3.51. The normalized spacial score (nSPS) is 10.8. The van der Waals surface area contributed by atoms with E-state index in [2.05, 4.69) is 20.7 Å². The summed E-state index contributed by atoms with van der Waals surface area (Å²) < 4.78 is 3.34. The first-order valence-electron chi connectivity index (χ1n) is 10.3. The van der Waals surface area contributed by atoms with E-state index >= 15 is 0 Å². The molecule has 10 heteroatoms. The topological polar surface area (TPSA) is 115 Å². The number of hydrogen-bond acceptors (Lipinski definition) is 5. The molecule has 0 saturated heterocycles. The number of nitrogens with zero attached hydrogens (tertiary/aromatic N) is 5. The van der Waals surface area contributed by atoms with Gasteiger partial charge in [-0.2, -0.15) is 5.10 Å². The Labute approximate surface area is 194 Å². The number of carboxylic acid groups (broad SMARTS) is 1. The number of halogens is 1. The number of nitrogens with one attached hydrogen (secondary N) is 1. The molecule has 0 fully saturated rings. The van der Waals surface area contributed by atoms with Crippen LogP contribution in [0.2, 0.25) is 5.02 Å². The van der Waals surface area contributed by atoms with Crippen molar-refractivity contribution in [3.8, 4) is 16.9 Å². The Balaban J connectivity index is 1.38. The second-order valence-corrected chi connectivity index (χ2v) is 7.77. The molecule has 168 valence electrons. The molecule has 33 heavy (non-hydrogen) atoms. The van der Waals surface area contributed by atoms with E-state index in [0.29, 0.717) is 36.6 Å². The molecule has 9 nitrogen and oxygen atoms in total. The number of amides is 1. The molecule has 2 N–H and O–H groups in total. The summed E-state index contributed by atoms with van der Waals surface area (Å²) in [5.41, 5.74) is 3.39. The third-order valence-electron chi connectivity index (χ3n) is 5.05. The quantitative estimate of drug-likeness (QED) is 0.393. The Morgan fingerprint density at radius 2 is 1.85 bits per heavy atom. The molecule has 2 aromatic heterocycles. The van der Waals surface area contributed by atoms with Crippen LogP contribution < -0.4 is 5.32 Å². The van der Waals surface area contributed by atoms with Crippen LogP contribution in [0.15, 0.2) is 67.1 Å². The minimum absolute atomic E-state index is 0.0548. The van der Waals surface area contributed by atoms with E-state index in [9.17, 15) is 9.59 Å². The third kappa shape index (κ3) is 5.64. The van der Waals surface area contributed by atoms with Crippen LogP contribution in [0.5, 0.6) is 0 Å². The zero-order valence-corrected chi connectivity index (χ0v) is 18.3. The standard InChI is InChI=1S/C23H21ClN6O3/c24-19-13-26-29(14-19)12-11-25-22(31)10-9-17-3-1-2-4-21(17)30-15-20(27-28-30)16-5-7-18(8-6-16)23(32)33/h1-8,13-15H,9-12H2,(H,25,31)(H,32,33).